The summed E-state index contributed by atoms with van der Waals surface area (Å²) in [5, 5.41) is 9.20. The third kappa shape index (κ3) is 2.54. The second-order valence-corrected chi connectivity index (χ2v) is 4.57. The molecule has 1 aliphatic rings. The van der Waals surface area contributed by atoms with Gasteiger partial charge in [-0.05, 0) is 0 Å². The number of amides is 1. The molecule has 0 aromatic heterocycles. The van der Waals surface area contributed by atoms with E-state index in [1.807, 2.05) is 0 Å². The predicted molar refractivity (Wildman–Crippen MR) is 60.7 cm³/mol. The minimum Gasteiger partial charge on any atom is -0.389 e. The third-order valence-electron chi connectivity index (χ3n) is 1.83. The number of carbonyl (C=O) groups is 1. The van der Waals surface area contributed by atoms with E-state index in [2.05, 4.69) is 6.58 Å². The van der Waals surface area contributed by atoms with Crippen LogP contribution in [-0.4, -0.2) is 38.3 Å². The predicted octanol–water partition coefficient (Wildman–Crippen LogP) is 0.0685. The first-order valence-electron chi connectivity index (χ1n) is 4.11. The van der Waals surface area contributed by atoms with Gasteiger partial charge in [-0.3, -0.25) is 9.69 Å². The molecule has 78 valence electrons. The van der Waals surface area contributed by atoms with E-state index in [0.29, 0.717) is 10.1 Å². The lowest BCUT2D eigenvalue weighted by molar-refractivity contribution is -0.129. The smallest absolute Gasteiger partial charge is 0.232 e. The van der Waals surface area contributed by atoms with Gasteiger partial charge in [0.2, 0.25) is 5.91 Å². The van der Waals surface area contributed by atoms with Crippen LogP contribution < -0.4 is 5.73 Å². The highest BCUT2D eigenvalue weighted by molar-refractivity contribution is 8.23. The SMILES string of the molecule is C=CC(O)CC(=O)N1C(=S)SCC1N. The maximum atomic E-state index is 11.6. The van der Waals surface area contributed by atoms with E-state index in [1.54, 1.807) is 0 Å². The average Bonchev–Trinajstić information content (AvgIpc) is 2.46. The second-order valence-electron chi connectivity index (χ2n) is 2.92. The van der Waals surface area contributed by atoms with Gasteiger partial charge in [-0.2, -0.15) is 0 Å². The van der Waals surface area contributed by atoms with Gasteiger partial charge in [-0.1, -0.05) is 30.1 Å². The maximum absolute atomic E-state index is 11.6. The molecule has 0 bridgehead atoms. The lowest BCUT2D eigenvalue weighted by Crippen LogP contribution is -2.44. The standard InChI is InChI=1S/C8H12N2O2S2/c1-2-5(11)3-7(12)10-6(9)4-14-8(10)13/h2,5-6,11H,1,3-4,9H2. The van der Waals surface area contributed by atoms with Crippen molar-refractivity contribution in [1.82, 2.24) is 4.90 Å². The van der Waals surface area contributed by atoms with Gasteiger partial charge in [0, 0.05) is 5.75 Å². The molecular formula is C8H12N2O2S2. The number of hydrogen-bond donors (Lipinski definition) is 2. The van der Waals surface area contributed by atoms with Crippen LogP contribution in [0.15, 0.2) is 12.7 Å². The first-order chi connectivity index (χ1) is 6.56. The van der Waals surface area contributed by atoms with Crippen molar-refractivity contribution >= 4 is 34.2 Å². The number of aliphatic hydroxyl groups is 1. The number of nitrogens with two attached hydrogens (primary N) is 1. The summed E-state index contributed by atoms with van der Waals surface area (Å²) in [6.07, 6.45) is 0.105. The number of rotatable bonds is 3. The molecule has 1 amide bonds. The Hall–Kier alpha value is -0.430. The lowest BCUT2D eigenvalue weighted by Gasteiger charge is -2.20. The summed E-state index contributed by atoms with van der Waals surface area (Å²) >= 11 is 6.34. The minimum atomic E-state index is -0.830. The molecule has 1 saturated heterocycles. The summed E-state index contributed by atoms with van der Waals surface area (Å²) in [6, 6.07) is 0. The van der Waals surface area contributed by atoms with Crippen LogP contribution in [0.1, 0.15) is 6.42 Å². The summed E-state index contributed by atoms with van der Waals surface area (Å²) in [7, 11) is 0. The van der Waals surface area contributed by atoms with Gasteiger partial charge in [0.15, 0.2) is 0 Å². The van der Waals surface area contributed by atoms with E-state index >= 15 is 0 Å². The molecule has 2 unspecified atom stereocenters. The van der Waals surface area contributed by atoms with Crippen molar-refractivity contribution in [3.63, 3.8) is 0 Å². The van der Waals surface area contributed by atoms with Crippen LogP contribution >= 0.6 is 24.0 Å². The molecule has 0 radical (unpaired) electrons. The molecule has 1 rings (SSSR count). The largest absolute Gasteiger partial charge is 0.389 e. The number of thioether (sulfide) groups is 1. The van der Waals surface area contributed by atoms with E-state index < -0.39 is 6.10 Å². The van der Waals surface area contributed by atoms with E-state index in [4.69, 9.17) is 18.0 Å². The van der Waals surface area contributed by atoms with Crippen LogP contribution in [-0.2, 0) is 4.79 Å². The second kappa shape index (κ2) is 4.88. The van der Waals surface area contributed by atoms with E-state index in [0.717, 1.165) is 0 Å². The summed E-state index contributed by atoms with van der Waals surface area (Å²) in [4.78, 5) is 12.9. The molecule has 1 fully saturated rings. The van der Waals surface area contributed by atoms with Crippen molar-refractivity contribution in [2.75, 3.05) is 5.75 Å². The Morgan fingerprint density at radius 2 is 2.64 bits per heavy atom. The molecule has 0 saturated carbocycles. The molecule has 0 spiro atoms. The highest BCUT2D eigenvalue weighted by Gasteiger charge is 2.31. The van der Waals surface area contributed by atoms with Crippen LogP contribution in [0.5, 0.6) is 0 Å². The fraction of sp³-hybridized carbons (Fsp3) is 0.500. The van der Waals surface area contributed by atoms with Crippen LogP contribution in [0.3, 0.4) is 0 Å². The Bertz CT molecular complexity index is 270. The number of aliphatic hydroxyl groups excluding tert-OH is 1. The zero-order chi connectivity index (χ0) is 10.7. The number of thiocarbonyl (C=S) groups is 1. The van der Waals surface area contributed by atoms with E-state index in [-0.39, 0.29) is 18.5 Å². The van der Waals surface area contributed by atoms with Crippen LogP contribution in [0, 0.1) is 0 Å². The lowest BCUT2D eigenvalue weighted by atomic mass is 10.2. The maximum Gasteiger partial charge on any atom is 0.232 e. The third-order valence-corrected chi connectivity index (χ3v) is 3.33. The van der Waals surface area contributed by atoms with Crippen LogP contribution in [0.4, 0.5) is 0 Å². The Balaban J connectivity index is 2.59. The summed E-state index contributed by atoms with van der Waals surface area (Å²) < 4.78 is 0.485. The minimum absolute atomic E-state index is 0.0160. The molecule has 0 aromatic rings. The number of hydrogen-bond acceptors (Lipinski definition) is 5. The molecule has 1 heterocycles. The first kappa shape index (κ1) is 11.6. The van der Waals surface area contributed by atoms with Crippen molar-refractivity contribution in [3.8, 4) is 0 Å². The number of carbonyl (C=O) groups excluding carboxylic acids is 1. The van der Waals surface area contributed by atoms with Crippen LogP contribution in [0.2, 0.25) is 0 Å². The summed E-state index contributed by atoms with van der Waals surface area (Å²) in [6.45, 7) is 3.39. The molecule has 3 N–H and O–H groups in total. The molecule has 4 nitrogen and oxygen atoms in total. The van der Waals surface area contributed by atoms with Gasteiger partial charge in [-0.15, -0.1) is 6.58 Å². The highest BCUT2D eigenvalue weighted by atomic mass is 32.2. The van der Waals surface area contributed by atoms with E-state index in [9.17, 15) is 9.90 Å². The fourth-order valence-electron chi connectivity index (χ4n) is 1.08. The van der Waals surface area contributed by atoms with Crippen molar-refractivity contribution in [2.24, 2.45) is 5.73 Å². The fourth-order valence-corrected chi connectivity index (χ4v) is 2.36. The molecule has 1 aliphatic heterocycles. The van der Waals surface area contributed by atoms with E-state index in [1.165, 1.54) is 22.7 Å². The van der Waals surface area contributed by atoms with Gasteiger partial charge in [0.25, 0.3) is 0 Å². The normalized spacial score (nSPS) is 23.7. The first-order valence-corrected chi connectivity index (χ1v) is 5.50. The molecule has 2 atom stereocenters. The number of nitrogens with zero attached hydrogens (tertiary/aromatic N) is 1. The van der Waals surface area contributed by atoms with Gasteiger partial charge >= 0.3 is 0 Å². The quantitative estimate of drug-likeness (QED) is 0.532. The molecule has 14 heavy (non-hydrogen) atoms. The average molecular weight is 232 g/mol. The monoisotopic (exact) mass is 232 g/mol. The Labute approximate surface area is 92.1 Å². The van der Waals surface area contributed by atoms with Crippen molar-refractivity contribution in [3.05, 3.63) is 12.7 Å². The van der Waals surface area contributed by atoms with Gasteiger partial charge in [-0.25, -0.2) is 0 Å². The zero-order valence-electron chi connectivity index (χ0n) is 7.55. The van der Waals surface area contributed by atoms with Crippen molar-refractivity contribution in [1.29, 1.82) is 0 Å². The molecular weight excluding hydrogens is 220 g/mol. The zero-order valence-corrected chi connectivity index (χ0v) is 9.18. The van der Waals surface area contributed by atoms with Crippen molar-refractivity contribution in [2.45, 2.75) is 18.7 Å². The molecule has 0 aromatic carbocycles. The molecule has 6 heteroatoms. The highest BCUT2D eigenvalue weighted by Crippen LogP contribution is 2.22. The van der Waals surface area contributed by atoms with Gasteiger partial charge < -0.3 is 10.8 Å². The summed E-state index contributed by atoms with van der Waals surface area (Å²) in [5.41, 5.74) is 5.68. The Morgan fingerprint density at radius 1 is 2.00 bits per heavy atom. The summed E-state index contributed by atoms with van der Waals surface area (Å²) in [5.74, 6) is 0.370. The topological polar surface area (TPSA) is 66.6 Å². The van der Waals surface area contributed by atoms with Gasteiger partial charge in [0.1, 0.15) is 4.32 Å². The van der Waals surface area contributed by atoms with Crippen molar-refractivity contribution < 1.29 is 9.90 Å². The van der Waals surface area contributed by atoms with Gasteiger partial charge in [0.05, 0.1) is 18.7 Å². The Kier molecular flexibility index (Phi) is 4.06. The van der Waals surface area contributed by atoms with Crippen LogP contribution in [0.25, 0.3) is 0 Å². The Morgan fingerprint density at radius 3 is 3.07 bits per heavy atom. The molecule has 0 aliphatic carbocycles.